The molecule has 1 aliphatic rings. The lowest BCUT2D eigenvalue weighted by molar-refractivity contribution is 0.0694. The van der Waals surface area contributed by atoms with Crippen LogP contribution >= 0.6 is 0 Å². The van der Waals surface area contributed by atoms with Crippen LogP contribution in [0.15, 0.2) is 0 Å². The molecule has 70 valence electrons. The van der Waals surface area contributed by atoms with Crippen LogP contribution in [0.25, 0.3) is 0 Å². The van der Waals surface area contributed by atoms with Gasteiger partial charge in [-0.2, -0.15) is 0 Å². The van der Waals surface area contributed by atoms with Gasteiger partial charge in [0.25, 0.3) is 0 Å². The van der Waals surface area contributed by atoms with Gasteiger partial charge in [0, 0.05) is 0 Å². The number of rotatable bonds is 2. The molecule has 2 unspecified atom stereocenters. The lowest BCUT2D eigenvalue weighted by atomic mass is 10.4. The normalized spacial score (nSPS) is 26.3. The highest BCUT2D eigenvalue weighted by Gasteiger charge is 2.39. The summed E-state index contributed by atoms with van der Waals surface area (Å²) in [5, 5.41) is 9.71. The zero-order chi connectivity index (χ0) is 9.35. The standard InChI is InChI=1S/C7H14O4Si/c1-12(2,3)6(8)5-4-10-7(9)11-5/h5-6,8H,4H2,1-3H3. The first-order valence-electron chi connectivity index (χ1n) is 3.93. The van der Waals surface area contributed by atoms with Gasteiger partial charge in [-0.05, 0) is 0 Å². The second kappa shape index (κ2) is 3.06. The van der Waals surface area contributed by atoms with E-state index in [9.17, 15) is 9.90 Å². The molecule has 1 saturated heterocycles. The van der Waals surface area contributed by atoms with E-state index in [-0.39, 0.29) is 6.61 Å². The number of hydrogen-bond acceptors (Lipinski definition) is 4. The maximum absolute atomic E-state index is 10.5. The summed E-state index contributed by atoms with van der Waals surface area (Å²) in [4.78, 5) is 10.5. The van der Waals surface area contributed by atoms with Crippen molar-refractivity contribution in [1.29, 1.82) is 0 Å². The number of hydrogen-bond donors (Lipinski definition) is 1. The van der Waals surface area contributed by atoms with Gasteiger partial charge in [0.1, 0.15) is 6.61 Å². The molecular weight excluding hydrogens is 176 g/mol. The number of aliphatic hydroxyl groups is 1. The highest BCUT2D eigenvalue weighted by Crippen LogP contribution is 2.18. The fourth-order valence-corrected chi connectivity index (χ4v) is 2.33. The van der Waals surface area contributed by atoms with E-state index in [1.165, 1.54) is 0 Å². The topological polar surface area (TPSA) is 55.8 Å². The third-order valence-electron chi connectivity index (χ3n) is 1.85. The average molecular weight is 190 g/mol. The van der Waals surface area contributed by atoms with Crippen LogP contribution in [0.2, 0.25) is 19.6 Å². The third-order valence-corrected chi connectivity index (χ3v) is 4.00. The highest BCUT2D eigenvalue weighted by molar-refractivity contribution is 6.77. The van der Waals surface area contributed by atoms with E-state index in [0.29, 0.717) is 0 Å². The summed E-state index contributed by atoms with van der Waals surface area (Å²) >= 11 is 0. The van der Waals surface area contributed by atoms with E-state index in [1.807, 2.05) is 19.6 Å². The summed E-state index contributed by atoms with van der Waals surface area (Å²) in [6.45, 7) is 6.24. The molecule has 0 aromatic rings. The van der Waals surface area contributed by atoms with Gasteiger partial charge in [-0.1, -0.05) is 19.6 Å². The molecule has 0 amide bonds. The zero-order valence-corrected chi connectivity index (χ0v) is 8.53. The quantitative estimate of drug-likeness (QED) is 0.516. The summed E-state index contributed by atoms with van der Waals surface area (Å²) in [6, 6.07) is 0. The lowest BCUT2D eigenvalue weighted by Gasteiger charge is -2.26. The number of ether oxygens (including phenoxy) is 2. The summed E-state index contributed by atoms with van der Waals surface area (Å²) < 4.78 is 9.36. The Balaban J connectivity index is 2.54. The van der Waals surface area contributed by atoms with Gasteiger partial charge in [-0.25, -0.2) is 4.79 Å². The summed E-state index contributed by atoms with van der Waals surface area (Å²) in [7, 11) is -1.66. The third kappa shape index (κ3) is 1.98. The molecule has 2 atom stereocenters. The number of aliphatic hydroxyl groups excluding tert-OH is 1. The summed E-state index contributed by atoms with van der Waals surface area (Å²) in [6.07, 6.45) is -1.12. The number of carbonyl (C=O) groups is 1. The van der Waals surface area contributed by atoms with E-state index in [4.69, 9.17) is 4.74 Å². The first kappa shape index (κ1) is 9.53. The zero-order valence-electron chi connectivity index (χ0n) is 7.53. The molecule has 4 nitrogen and oxygen atoms in total. The first-order chi connectivity index (χ1) is 5.41. The van der Waals surface area contributed by atoms with Gasteiger partial charge in [-0.3, -0.25) is 0 Å². The summed E-state index contributed by atoms with van der Waals surface area (Å²) in [5.74, 6) is 0. The maximum atomic E-state index is 10.5. The molecule has 0 saturated carbocycles. The Morgan fingerprint density at radius 1 is 1.58 bits per heavy atom. The molecule has 5 heteroatoms. The predicted molar refractivity (Wildman–Crippen MR) is 45.6 cm³/mol. The molecule has 0 spiro atoms. The van der Waals surface area contributed by atoms with Crippen molar-refractivity contribution in [3.8, 4) is 0 Å². The molecule has 1 heterocycles. The van der Waals surface area contributed by atoms with E-state index in [1.54, 1.807) is 0 Å². The van der Waals surface area contributed by atoms with Crippen molar-refractivity contribution >= 4 is 14.2 Å². The molecule has 1 N–H and O–H groups in total. The Bertz CT molecular complexity index is 186. The van der Waals surface area contributed by atoms with Crippen LogP contribution in [-0.4, -0.2) is 37.8 Å². The van der Waals surface area contributed by atoms with E-state index >= 15 is 0 Å². The van der Waals surface area contributed by atoms with E-state index in [0.717, 1.165) is 0 Å². The first-order valence-corrected chi connectivity index (χ1v) is 7.50. The number of carbonyl (C=O) groups excluding carboxylic acids is 1. The molecule has 0 aromatic heterocycles. The molecule has 0 aromatic carbocycles. The van der Waals surface area contributed by atoms with Gasteiger partial charge in [0.2, 0.25) is 0 Å². The highest BCUT2D eigenvalue weighted by atomic mass is 28.3. The maximum Gasteiger partial charge on any atom is 0.508 e. The Hall–Kier alpha value is -0.553. The smallest absolute Gasteiger partial charge is 0.430 e. The van der Waals surface area contributed by atoms with Crippen molar-refractivity contribution in [2.45, 2.75) is 31.5 Å². The van der Waals surface area contributed by atoms with Crippen molar-refractivity contribution in [3.05, 3.63) is 0 Å². The van der Waals surface area contributed by atoms with Crippen LogP contribution in [-0.2, 0) is 9.47 Å². The molecule has 12 heavy (non-hydrogen) atoms. The molecule has 0 radical (unpaired) electrons. The van der Waals surface area contributed by atoms with Gasteiger partial charge in [0.05, 0.1) is 13.8 Å². The van der Waals surface area contributed by atoms with Gasteiger partial charge >= 0.3 is 6.16 Å². The Morgan fingerprint density at radius 2 is 2.17 bits per heavy atom. The largest absolute Gasteiger partial charge is 0.508 e. The van der Waals surface area contributed by atoms with Crippen molar-refractivity contribution < 1.29 is 19.4 Å². The van der Waals surface area contributed by atoms with Gasteiger partial charge in [0.15, 0.2) is 6.10 Å². The summed E-state index contributed by atoms with van der Waals surface area (Å²) in [5.41, 5.74) is -0.538. The molecule has 0 bridgehead atoms. The van der Waals surface area contributed by atoms with Crippen molar-refractivity contribution in [2.75, 3.05) is 6.61 Å². The molecule has 1 fully saturated rings. The SMILES string of the molecule is C[Si](C)(C)C(O)C1COC(=O)O1. The lowest BCUT2D eigenvalue weighted by Crippen LogP contribution is -2.47. The van der Waals surface area contributed by atoms with E-state index < -0.39 is 26.1 Å². The molecule has 1 rings (SSSR count). The Labute approximate surface area is 72.5 Å². The Kier molecular flexibility index (Phi) is 2.43. The Morgan fingerprint density at radius 3 is 2.50 bits per heavy atom. The average Bonchev–Trinajstić information content (AvgIpc) is 2.32. The van der Waals surface area contributed by atoms with Gasteiger partial charge < -0.3 is 14.6 Å². The van der Waals surface area contributed by atoms with Crippen LogP contribution in [0, 0.1) is 0 Å². The van der Waals surface area contributed by atoms with Crippen LogP contribution in [0.5, 0.6) is 0 Å². The molecular formula is C7H14O4Si. The van der Waals surface area contributed by atoms with Crippen LogP contribution in [0.3, 0.4) is 0 Å². The minimum absolute atomic E-state index is 0.185. The van der Waals surface area contributed by atoms with Crippen LogP contribution in [0.1, 0.15) is 0 Å². The second-order valence-corrected chi connectivity index (χ2v) is 9.35. The van der Waals surface area contributed by atoms with Crippen LogP contribution < -0.4 is 0 Å². The molecule has 1 aliphatic heterocycles. The fraction of sp³-hybridized carbons (Fsp3) is 0.857. The minimum Gasteiger partial charge on any atom is -0.430 e. The van der Waals surface area contributed by atoms with Gasteiger partial charge in [-0.15, -0.1) is 0 Å². The van der Waals surface area contributed by atoms with Crippen molar-refractivity contribution in [2.24, 2.45) is 0 Å². The second-order valence-electron chi connectivity index (χ2n) is 4.03. The van der Waals surface area contributed by atoms with E-state index in [2.05, 4.69) is 4.74 Å². The van der Waals surface area contributed by atoms with Crippen molar-refractivity contribution in [1.82, 2.24) is 0 Å². The fourth-order valence-electron chi connectivity index (χ4n) is 1.06. The van der Waals surface area contributed by atoms with Crippen LogP contribution in [0.4, 0.5) is 4.79 Å². The van der Waals surface area contributed by atoms with Crippen molar-refractivity contribution in [3.63, 3.8) is 0 Å². The molecule has 0 aliphatic carbocycles. The number of cyclic esters (lactones) is 2. The minimum atomic E-state index is -1.66. The predicted octanol–water partition coefficient (Wildman–Crippen LogP) is 0.760. The monoisotopic (exact) mass is 190 g/mol.